The van der Waals surface area contributed by atoms with E-state index < -0.39 is 0 Å². The van der Waals surface area contributed by atoms with Gasteiger partial charge in [-0.2, -0.15) is 0 Å². The molecule has 1 N–H and O–H groups in total. The number of amides is 2. The van der Waals surface area contributed by atoms with Crippen LogP contribution >= 0.6 is 0 Å². The van der Waals surface area contributed by atoms with E-state index in [1.807, 2.05) is 0 Å². The summed E-state index contributed by atoms with van der Waals surface area (Å²) in [7, 11) is 0. The number of hydrogen-bond acceptors (Lipinski definition) is 5. The fraction of sp³-hybridized carbons (Fsp3) is 0.583. The normalized spacial score (nSPS) is 19.0. The van der Waals surface area contributed by atoms with Gasteiger partial charge in [-0.05, 0) is 19.8 Å². The van der Waals surface area contributed by atoms with Crippen LogP contribution in [-0.2, 0) is 9.53 Å². The molecule has 0 spiro atoms. The van der Waals surface area contributed by atoms with E-state index in [1.165, 1.54) is 6.26 Å². The topological polar surface area (TPSA) is 84.7 Å². The molecule has 0 aliphatic carbocycles. The van der Waals surface area contributed by atoms with E-state index in [1.54, 1.807) is 17.9 Å². The van der Waals surface area contributed by atoms with Gasteiger partial charge < -0.3 is 14.2 Å². The van der Waals surface area contributed by atoms with Crippen LogP contribution in [0.3, 0.4) is 0 Å². The lowest BCUT2D eigenvalue weighted by atomic mass is 9.98. The predicted molar refractivity (Wildman–Crippen MR) is 66.5 cm³/mol. The van der Waals surface area contributed by atoms with Crippen LogP contribution in [0, 0.1) is 5.92 Å². The molecule has 0 radical (unpaired) electrons. The summed E-state index contributed by atoms with van der Waals surface area (Å²) < 4.78 is 9.63. The number of ether oxygens (including phenoxy) is 1. The molecule has 7 nitrogen and oxygen atoms in total. The minimum atomic E-state index is -0.275. The van der Waals surface area contributed by atoms with Crippen LogP contribution in [-0.4, -0.2) is 41.8 Å². The number of rotatable bonds is 3. The molecule has 0 saturated carbocycles. The van der Waals surface area contributed by atoms with Crippen molar-refractivity contribution >= 4 is 17.8 Å². The Bertz CT molecular complexity index is 432. The summed E-state index contributed by atoms with van der Waals surface area (Å²) in [5.74, 6) is -0.110. The minimum absolute atomic E-state index is 0.235. The Balaban J connectivity index is 1.89. The standard InChI is InChI=1S/C12H17N3O4/c1-2-18-11(16)9-4-3-6-15(8-9)12(17)13-10-5-7-19-14-10/h5,7,9H,2-4,6,8H2,1H3,(H,13,14,17). The van der Waals surface area contributed by atoms with E-state index in [0.717, 1.165) is 12.8 Å². The Labute approximate surface area is 110 Å². The van der Waals surface area contributed by atoms with Gasteiger partial charge in [-0.25, -0.2) is 4.79 Å². The molecule has 1 unspecified atom stereocenters. The van der Waals surface area contributed by atoms with Crippen LogP contribution in [0.2, 0.25) is 0 Å². The zero-order valence-corrected chi connectivity index (χ0v) is 10.8. The second-order valence-electron chi connectivity index (χ2n) is 4.35. The van der Waals surface area contributed by atoms with Crippen molar-refractivity contribution in [1.82, 2.24) is 10.1 Å². The summed E-state index contributed by atoms with van der Waals surface area (Å²) in [4.78, 5) is 25.2. The van der Waals surface area contributed by atoms with Gasteiger partial charge in [0.2, 0.25) is 0 Å². The Hall–Kier alpha value is -2.05. The number of esters is 1. The summed E-state index contributed by atoms with van der Waals surface area (Å²) in [6, 6.07) is 1.29. The van der Waals surface area contributed by atoms with Gasteiger partial charge in [0, 0.05) is 19.2 Å². The first kappa shape index (κ1) is 13.4. The quantitative estimate of drug-likeness (QED) is 0.838. The zero-order valence-electron chi connectivity index (χ0n) is 10.8. The van der Waals surface area contributed by atoms with Gasteiger partial charge in [0.25, 0.3) is 0 Å². The van der Waals surface area contributed by atoms with Crippen molar-refractivity contribution in [2.75, 3.05) is 25.0 Å². The molecule has 2 rings (SSSR count). The van der Waals surface area contributed by atoms with Crippen molar-refractivity contribution in [3.63, 3.8) is 0 Å². The Kier molecular flexibility index (Phi) is 4.38. The maximum Gasteiger partial charge on any atom is 0.323 e. The second-order valence-corrected chi connectivity index (χ2v) is 4.35. The average molecular weight is 267 g/mol. The van der Waals surface area contributed by atoms with Crippen molar-refractivity contribution in [1.29, 1.82) is 0 Å². The first-order valence-corrected chi connectivity index (χ1v) is 6.33. The van der Waals surface area contributed by atoms with E-state index in [2.05, 4.69) is 15.0 Å². The van der Waals surface area contributed by atoms with Crippen molar-refractivity contribution in [2.24, 2.45) is 5.92 Å². The lowest BCUT2D eigenvalue weighted by molar-refractivity contribution is -0.149. The van der Waals surface area contributed by atoms with Gasteiger partial charge >= 0.3 is 12.0 Å². The van der Waals surface area contributed by atoms with E-state index in [-0.39, 0.29) is 17.9 Å². The third kappa shape index (κ3) is 3.46. The SMILES string of the molecule is CCOC(=O)C1CCCN(C(=O)Nc2ccon2)C1. The number of urea groups is 1. The smallest absolute Gasteiger partial charge is 0.323 e. The van der Waals surface area contributed by atoms with Crippen LogP contribution in [0.1, 0.15) is 19.8 Å². The lowest BCUT2D eigenvalue weighted by Crippen LogP contribution is -2.44. The molecule has 104 valence electrons. The van der Waals surface area contributed by atoms with Gasteiger partial charge in [-0.15, -0.1) is 0 Å². The molecular weight excluding hydrogens is 250 g/mol. The Morgan fingerprint density at radius 1 is 1.63 bits per heavy atom. The molecule has 1 aromatic heterocycles. The first-order valence-electron chi connectivity index (χ1n) is 6.33. The zero-order chi connectivity index (χ0) is 13.7. The number of carbonyl (C=O) groups is 2. The second kappa shape index (κ2) is 6.21. The van der Waals surface area contributed by atoms with E-state index >= 15 is 0 Å². The molecule has 1 aliphatic heterocycles. The molecule has 2 heterocycles. The van der Waals surface area contributed by atoms with Crippen LogP contribution < -0.4 is 5.32 Å². The number of nitrogens with zero attached hydrogens (tertiary/aromatic N) is 2. The van der Waals surface area contributed by atoms with Crippen LogP contribution in [0.25, 0.3) is 0 Å². The Morgan fingerprint density at radius 3 is 3.16 bits per heavy atom. The molecule has 1 saturated heterocycles. The maximum atomic E-state index is 12.0. The highest BCUT2D eigenvalue weighted by molar-refractivity contribution is 5.88. The highest BCUT2D eigenvalue weighted by Crippen LogP contribution is 2.18. The summed E-state index contributed by atoms with van der Waals surface area (Å²) in [6.07, 6.45) is 2.93. The fourth-order valence-electron chi connectivity index (χ4n) is 2.08. The molecule has 0 bridgehead atoms. The minimum Gasteiger partial charge on any atom is -0.466 e. The highest BCUT2D eigenvalue weighted by atomic mass is 16.5. The molecule has 1 aromatic rings. The molecule has 2 amide bonds. The van der Waals surface area contributed by atoms with Crippen molar-refractivity contribution in [3.8, 4) is 0 Å². The number of anilines is 1. The average Bonchev–Trinajstić information content (AvgIpc) is 2.92. The van der Waals surface area contributed by atoms with E-state index in [0.29, 0.717) is 25.5 Å². The summed E-state index contributed by atoms with van der Waals surface area (Å²) in [5.41, 5.74) is 0. The molecule has 0 aromatic carbocycles. The summed E-state index contributed by atoms with van der Waals surface area (Å²) >= 11 is 0. The van der Waals surface area contributed by atoms with Gasteiger partial charge in [-0.1, -0.05) is 5.16 Å². The van der Waals surface area contributed by atoms with Crippen LogP contribution in [0.4, 0.5) is 10.6 Å². The maximum absolute atomic E-state index is 12.0. The molecule has 1 fully saturated rings. The molecule has 19 heavy (non-hydrogen) atoms. The molecule has 1 atom stereocenters. The number of aromatic nitrogens is 1. The summed E-state index contributed by atoms with van der Waals surface area (Å²) in [6.45, 7) is 3.14. The van der Waals surface area contributed by atoms with Crippen LogP contribution in [0.5, 0.6) is 0 Å². The van der Waals surface area contributed by atoms with E-state index in [9.17, 15) is 9.59 Å². The van der Waals surface area contributed by atoms with Gasteiger partial charge in [0.1, 0.15) is 6.26 Å². The number of nitrogens with one attached hydrogen (secondary N) is 1. The number of likely N-dealkylation sites (tertiary alicyclic amines) is 1. The third-order valence-electron chi connectivity index (χ3n) is 3.00. The van der Waals surface area contributed by atoms with Gasteiger partial charge in [-0.3, -0.25) is 10.1 Å². The Morgan fingerprint density at radius 2 is 2.47 bits per heavy atom. The van der Waals surface area contributed by atoms with Crippen molar-refractivity contribution in [3.05, 3.63) is 12.3 Å². The molecule has 1 aliphatic rings. The van der Waals surface area contributed by atoms with E-state index in [4.69, 9.17) is 4.74 Å². The van der Waals surface area contributed by atoms with Crippen molar-refractivity contribution < 1.29 is 18.8 Å². The largest absolute Gasteiger partial charge is 0.466 e. The third-order valence-corrected chi connectivity index (χ3v) is 3.00. The predicted octanol–water partition coefficient (Wildman–Crippen LogP) is 1.48. The summed E-state index contributed by atoms with van der Waals surface area (Å²) in [5, 5.41) is 6.22. The number of hydrogen-bond donors (Lipinski definition) is 1. The first-order chi connectivity index (χ1) is 9.20. The highest BCUT2D eigenvalue weighted by Gasteiger charge is 2.29. The van der Waals surface area contributed by atoms with Gasteiger partial charge in [0.15, 0.2) is 5.82 Å². The number of carbonyl (C=O) groups excluding carboxylic acids is 2. The van der Waals surface area contributed by atoms with Crippen LogP contribution in [0.15, 0.2) is 16.9 Å². The molecular formula is C12H17N3O4. The molecule has 7 heteroatoms. The lowest BCUT2D eigenvalue weighted by Gasteiger charge is -2.31. The monoisotopic (exact) mass is 267 g/mol. The van der Waals surface area contributed by atoms with Gasteiger partial charge in [0.05, 0.1) is 12.5 Å². The van der Waals surface area contributed by atoms with Crippen molar-refractivity contribution in [2.45, 2.75) is 19.8 Å². The number of piperidine rings is 1. The fourth-order valence-corrected chi connectivity index (χ4v) is 2.08.